The number of carbonyl (C=O) groups excluding carboxylic acids is 2. The molecule has 0 fully saturated rings. The third-order valence-electron chi connectivity index (χ3n) is 4.15. The second-order valence-corrected chi connectivity index (χ2v) is 6.88. The van der Waals surface area contributed by atoms with Gasteiger partial charge in [0.25, 0.3) is 0 Å². The molecule has 1 aromatic rings. The lowest BCUT2D eigenvalue weighted by atomic mass is 10.2. The van der Waals surface area contributed by atoms with E-state index in [-0.39, 0.29) is 31.8 Å². The quantitative estimate of drug-likeness (QED) is 0.0769. The summed E-state index contributed by atoms with van der Waals surface area (Å²) in [6.45, 7) is 2.29. The van der Waals surface area contributed by atoms with Crippen molar-refractivity contribution in [1.29, 1.82) is 0 Å². The van der Waals surface area contributed by atoms with Crippen LogP contribution in [0.1, 0.15) is 25.7 Å². The minimum atomic E-state index is -1.79. The number of hydrogen-bond donors (Lipinski definition) is 1. The SMILES string of the molecule is C#CCCCC(=O)NCCOCCOCCOCCOCCC(=O)Oc1c(F)c(F)cc(F)c1F. The van der Waals surface area contributed by atoms with Crippen LogP contribution in [0.2, 0.25) is 0 Å². The van der Waals surface area contributed by atoms with E-state index < -0.39 is 41.4 Å². The number of ether oxygens (including phenoxy) is 5. The minimum Gasteiger partial charge on any atom is -0.420 e. The predicted molar refractivity (Wildman–Crippen MR) is 115 cm³/mol. The number of unbranched alkanes of at least 4 members (excludes halogenated alkanes) is 1. The van der Waals surface area contributed by atoms with Gasteiger partial charge in [-0.15, -0.1) is 12.3 Å². The molecular weight excluding hydrogens is 478 g/mol. The number of halogens is 4. The lowest BCUT2D eigenvalue weighted by molar-refractivity contribution is -0.136. The molecule has 0 unspecified atom stereocenters. The Hall–Kier alpha value is -2.72. The van der Waals surface area contributed by atoms with E-state index in [1.54, 1.807) is 0 Å². The molecule has 0 aliphatic rings. The molecular formula is C23H29F4NO7. The molecule has 1 N–H and O–H groups in total. The largest absolute Gasteiger partial charge is 0.420 e. The number of hydrogen-bond acceptors (Lipinski definition) is 7. The van der Waals surface area contributed by atoms with E-state index in [0.29, 0.717) is 58.8 Å². The summed E-state index contributed by atoms with van der Waals surface area (Å²) in [5.74, 6) is -7.08. The highest BCUT2D eigenvalue weighted by Gasteiger charge is 2.22. The van der Waals surface area contributed by atoms with Crippen LogP contribution in [0.5, 0.6) is 5.75 Å². The average Bonchev–Trinajstić information content (AvgIpc) is 2.83. The summed E-state index contributed by atoms with van der Waals surface area (Å²) < 4.78 is 78.4. The molecule has 0 aliphatic carbocycles. The zero-order valence-corrected chi connectivity index (χ0v) is 19.2. The molecule has 8 nitrogen and oxygen atoms in total. The number of nitrogens with one attached hydrogen (secondary N) is 1. The number of carbonyl (C=O) groups is 2. The van der Waals surface area contributed by atoms with Crippen molar-refractivity contribution in [3.63, 3.8) is 0 Å². The fraction of sp³-hybridized carbons (Fsp3) is 0.565. The van der Waals surface area contributed by atoms with Crippen molar-refractivity contribution < 1.29 is 50.8 Å². The Morgan fingerprint density at radius 3 is 1.86 bits per heavy atom. The van der Waals surface area contributed by atoms with Crippen LogP contribution >= 0.6 is 0 Å². The highest BCUT2D eigenvalue weighted by Crippen LogP contribution is 2.26. The van der Waals surface area contributed by atoms with E-state index in [2.05, 4.69) is 16.0 Å². The number of esters is 1. The van der Waals surface area contributed by atoms with Crippen molar-refractivity contribution in [1.82, 2.24) is 5.32 Å². The molecule has 0 heterocycles. The maximum atomic E-state index is 13.4. The van der Waals surface area contributed by atoms with Crippen molar-refractivity contribution in [2.75, 3.05) is 59.4 Å². The zero-order chi connectivity index (χ0) is 25.9. The topological polar surface area (TPSA) is 92.3 Å². The summed E-state index contributed by atoms with van der Waals surface area (Å²) in [7, 11) is 0. The van der Waals surface area contributed by atoms with Crippen LogP contribution in [0.3, 0.4) is 0 Å². The Kier molecular flexibility index (Phi) is 16.1. The minimum absolute atomic E-state index is 0.0134. The van der Waals surface area contributed by atoms with Gasteiger partial charge in [-0.05, 0) is 6.42 Å². The summed E-state index contributed by atoms with van der Waals surface area (Å²) >= 11 is 0. The Morgan fingerprint density at radius 2 is 1.31 bits per heavy atom. The maximum Gasteiger partial charge on any atom is 0.313 e. The second kappa shape index (κ2) is 18.6. The van der Waals surface area contributed by atoms with Gasteiger partial charge < -0.3 is 29.0 Å². The highest BCUT2D eigenvalue weighted by atomic mass is 19.2. The Morgan fingerprint density at radius 1 is 0.800 bits per heavy atom. The lowest BCUT2D eigenvalue weighted by Gasteiger charge is -2.09. The summed E-state index contributed by atoms with van der Waals surface area (Å²) in [4.78, 5) is 23.0. The van der Waals surface area contributed by atoms with Crippen molar-refractivity contribution in [3.05, 3.63) is 29.3 Å². The smallest absolute Gasteiger partial charge is 0.313 e. The van der Waals surface area contributed by atoms with Crippen molar-refractivity contribution in [2.45, 2.75) is 25.7 Å². The molecule has 1 amide bonds. The van der Waals surface area contributed by atoms with Crippen LogP contribution in [-0.4, -0.2) is 71.3 Å². The van der Waals surface area contributed by atoms with Gasteiger partial charge in [-0.2, -0.15) is 8.78 Å². The highest BCUT2D eigenvalue weighted by molar-refractivity contribution is 5.75. The van der Waals surface area contributed by atoms with Crippen molar-refractivity contribution in [3.8, 4) is 18.1 Å². The van der Waals surface area contributed by atoms with E-state index >= 15 is 0 Å². The van der Waals surface area contributed by atoms with Crippen molar-refractivity contribution in [2.24, 2.45) is 0 Å². The molecule has 0 radical (unpaired) electrons. The van der Waals surface area contributed by atoms with Crippen LogP contribution in [-0.2, 0) is 28.5 Å². The Labute approximate surface area is 201 Å². The van der Waals surface area contributed by atoms with Crippen LogP contribution in [0.15, 0.2) is 6.07 Å². The molecule has 196 valence electrons. The molecule has 1 aromatic carbocycles. The standard InChI is InChI=1S/C23H29F4NO7/c1-2-3-4-5-19(29)28-7-9-32-11-13-34-15-14-33-12-10-31-8-6-20(30)35-23-21(26)17(24)16-18(25)22(23)27/h1,16H,3-15H2,(H,28,29). The predicted octanol–water partition coefficient (Wildman–Crippen LogP) is 2.52. The fourth-order valence-electron chi connectivity index (χ4n) is 2.43. The first-order valence-electron chi connectivity index (χ1n) is 10.9. The number of amides is 1. The molecule has 0 aliphatic heterocycles. The molecule has 0 aromatic heterocycles. The molecule has 0 saturated heterocycles. The Balaban J connectivity index is 1.92. The van der Waals surface area contributed by atoms with Gasteiger partial charge in [-0.3, -0.25) is 9.59 Å². The number of terminal acetylenes is 1. The van der Waals surface area contributed by atoms with Gasteiger partial charge in [0.2, 0.25) is 23.3 Å². The molecule has 0 atom stereocenters. The average molecular weight is 507 g/mol. The van der Waals surface area contributed by atoms with E-state index in [0.717, 1.165) is 0 Å². The van der Waals surface area contributed by atoms with Crippen LogP contribution in [0.25, 0.3) is 0 Å². The summed E-state index contributed by atoms with van der Waals surface area (Å²) in [5, 5.41) is 2.72. The van der Waals surface area contributed by atoms with Gasteiger partial charge in [-0.1, -0.05) is 0 Å². The Bertz CT molecular complexity index is 807. The fourth-order valence-corrected chi connectivity index (χ4v) is 2.43. The molecule has 0 spiro atoms. The summed E-state index contributed by atoms with van der Waals surface area (Å²) in [6, 6.07) is 0.0134. The monoisotopic (exact) mass is 507 g/mol. The summed E-state index contributed by atoms with van der Waals surface area (Å²) in [5.41, 5.74) is 0. The third kappa shape index (κ3) is 13.7. The van der Waals surface area contributed by atoms with Gasteiger partial charge in [0, 0.05) is 25.5 Å². The van der Waals surface area contributed by atoms with Crippen molar-refractivity contribution >= 4 is 11.9 Å². The number of rotatable bonds is 19. The first-order valence-corrected chi connectivity index (χ1v) is 10.9. The second-order valence-electron chi connectivity index (χ2n) is 6.88. The first-order chi connectivity index (χ1) is 16.9. The van der Waals surface area contributed by atoms with Gasteiger partial charge in [0.05, 0.1) is 59.3 Å². The van der Waals surface area contributed by atoms with Crippen LogP contribution < -0.4 is 10.1 Å². The molecule has 0 saturated carbocycles. The third-order valence-corrected chi connectivity index (χ3v) is 4.15. The van der Waals surface area contributed by atoms with Gasteiger partial charge in [-0.25, -0.2) is 8.78 Å². The van der Waals surface area contributed by atoms with Crippen LogP contribution in [0.4, 0.5) is 17.6 Å². The van der Waals surface area contributed by atoms with E-state index in [4.69, 9.17) is 25.4 Å². The number of benzene rings is 1. The van der Waals surface area contributed by atoms with Crippen LogP contribution in [0, 0.1) is 35.6 Å². The lowest BCUT2D eigenvalue weighted by Crippen LogP contribution is -2.27. The first kappa shape index (κ1) is 30.3. The normalized spacial score (nSPS) is 10.7. The molecule has 1 rings (SSSR count). The zero-order valence-electron chi connectivity index (χ0n) is 19.2. The van der Waals surface area contributed by atoms with Gasteiger partial charge >= 0.3 is 5.97 Å². The van der Waals surface area contributed by atoms with Gasteiger partial charge in [0.1, 0.15) is 0 Å². The van der Waals surface area contributed by atoms with E-state index in [9.17, 15) is 27.2 Å². The van der Waals surface area contributed by atoms with E-state index in [1.807, 2.05) is 0 Å². The maximum absolute atomic E-state index is 13.4. The molecule has 12 heteroatoms. The van der Waals surface area contributed by atoms with Gasteiger partial charge in [0.15, 0.2) is 11.6 Å². The molecule has 0 bridgehead atoms. The molecule has 35 heavy (non-hydrogen) atoms. The summed E-state index contributed by atoms with van der Waals surface area (Å²) in [6.07, 6.45) is 6.35. The van der Waals surface area contributed by atoms with E-state index in [1.165, 1.54) is 0 Å².